The van der Waals surface area contributed by atoms with Crippen molar-refractivity contribution in [2.75, 3.05) is 0 Å². The van der Waals surface area contributed by atoms with E-state index in [4.69, 9.17) is 9.47 Å². The fourth-order valence-corrected chi connectivity index (χ4v) is 2.94. The van der Waals surface area contributed by atoms with Gasteiger partial charge in [-0.3, -0.25) is 14.1 Å². The van der Waals surface area contributed by atoms with Crippen LogP contribution in [0.25, 0.3) is 0 Å². The van der Waals surface area contributed by atoms with E-state index in [2.05, 4.69) is 0 Å². The minimum absolute atomic E-state index is 0.376. The molecule has 0 bridgehead atoms. The van der Waals surface area contributed by atoms with Crippen molar-refractivity contribution in [3.05, 3.63) is 0 Å². The van der Waals surface area contributed by atoms with E-state index in [9.17, 15) is 22.6 Å². The largest absolute Gasteiger partial charge is 0.463 e. The second-order valence-electron chi connectivity index (χ2n) is 6.39. The van der Waals surface area contributed by atoms with Crippen LogP contribution in [0, 0.1) is 0 Å². The molecule has 0 aliphatic carbocycles. The molecule has 3 unspecified atom stereocenters. The molecule has 8 heteroatoms. The monoisotopic (exact) mass is 380 g/mol. The van der Waals surface area contributed by atoms with Crippen molar-refractivity contribution in [3.63, 3.8) is 0 Å². The zero-order valence-electron chi connectivity index (χ0n) is 15.7. The van der Waals surface area contributed by atoms with Gasteiger partial charge in [0.1, 0.15) is 0 Å². The number of esters is 2. The van der Waals surface area contributed by atoms with Crippen LogP contribution in [0.2, 0.25) is 0 Å². The zero-order chi connectivity index (χ0) is 19.5. The van der Waals surface area contributed by atoms with E-state index in [0.717, 1.165) is 32.1 Å². The minimum atomic E-state index is -4.76. The van der Waals surface area contributed by atoms with Crippen LogP contribution in [0.5, 0.6) is 0 Å². The molecule has 0 aliphatic rings. The van der Waals surface area contributed by atoms with E-state index >= 15 is 0 Å². The molecule has 148 valence electrons. The number of hydrogen-bond donors (Lipinski definition) is 1. The van der Waals surface area contributed by atoms with Crippen molar-refractivity contribution in [2.45, 2.75) is 96.5 Å². The zero-order valence-corrected chi connectivity index (χ0v) is 16.5. The number of rotatable bonds is 13. The van der Waals surface area contributed by atoms with Crippen molar-refractivity contribution in [2.24, 2.45) is 0 Å². The Balaban J connectivity index is 4.69. The predicted octanol–water partition coefficient (Wildman–Crippen LogP) is 3.27. The third kappa shape index (κ3) is 11.1. The molecule has 0 aromatic rings. The number of ether oxygens (including phenoxy) is 2. The van der Waals surface area contributed by atoms with Crippen molar-refractivity contribution in [1.82, 2.24) is 0 Å². The molecule has 7 nitrogen and oxygen atoms in total. The van der Waals surface area contributed by atoms with Crippen molar-refractivity contribution < 1.29 is 32.0 Å². The number of hydrogen-bond acceptors (Lipinski definition) is 6. The summed E-state index contributed by atoms with van der Waals surface area (Å²) in [6.45, 7) is 7.39. The molecule has 0 rings (SSSR count). The average Bonchev–Trinajstić information content (AvgIpc) is 2.49. The first kappa shape index (κ1) is 23.9. The number of unbranched alkanes of at least 4 members (excludes halogenated alkanes) is 3. The first-order valence-electron chi connectivity index (χ1n) is 8.98. The first-order chi connectivity index (χ1) is 11.6. The van der Waals surface area contributed by atoms with E-state index in [0.29, 0.717) is 12.8 Å². The molecule has 0 aromatic heterocycles. The Labute approximate surface area is 151 Å². The van der Waals surface area contributed by atoms with E-state index in [1.165, 1.54) is 0 Å². The molecule has 0 radical (unpaired) electrons. The molecule has 0 amide bonds. The van der Waals surface area contributed by atoms with Crippen LogP contribution in [-0.4, -0.2) is 42.4 Å². The SMILES string of the molecule is CCCCCC(C)OC(=O)C(CC(=O)OC(C)CCCC)S(=O)(=O)O. The van der Waals surface area contributed by atoms with Gasteiger partial charge < -0.3 is 9.47 Å². The lowest BCUT2D eigenvalue weighted by Crippen LogP contribution is -2.36. The van der Waals surface area contributed by atoms with Crippen LogP contribution in [0.1, 0.15) is 79.1 Å². The van der Waals surface area contributed by atoms with Crippen LogP contribution in [0.4, 0.5) is 0 Å². The molecule has 0 aliphatic heterocycles. The van der Waals surface area contributed by atoms with Gasteiger partial charge in [0, 0.05) is 0 Å². The molecule has 1 N–H and O–H groups in total. The fourth-order valence-electron chi connectivity index (χ4n) is 2.30. The predicted molar refractivity (Wildman–Crippen MR) is 94.7 cm³/mol. The highest BCUT2D eigenvalue weighted by atomic mass is 32.2. The maximum atomic E-state index is 12.1. The van der Waals surface area contributed by atoms with Gasteiger partial charge >= 0.3 is 11.9 Å². The van der Waals surface area contributed by atoms with E-state index < -0.39 is 39.8 Å². The summed E-state index contributed by atoms with van der Waals surface area (Å²) in [4.78, 5) is 23.9. The second kappa shape index (κ2) is 12.2. The molecule has 0 fully saturated rings. The molecule has 0 saturated carbocycles. The average molecular weight is 381 g/mol. The summed E-state index contributed by atoms with van der Waals surface area (Å²) in [5.74, 6) is -1.97. The van der Waals surface area contributed by atoms with E-state index in [1.54, 1.807) is 13.8 Å². The Bertz CT molecular complexity index is 501. The van der Waals surface area contributed by atoms with Gasteiger partial charge in [-0.25, -0.2) is 0 Å². The minimum Gasteiger partial charge on any atom is -0.463 e. The Morgan fingerprint density at radius 1 is 0.920 bits per heavy atom. The maximum Gasteiger partial charge on any atom is 0.327 e. The van der Waals surface area contributed by atoms with Gasteiger partial charge in [-0.2, -0.15) is 8.42 Å². The lowest BCUT2D eigenvalue weighted by molar-refractivity contribution is -0.155. The second-order valence-corrected chi connectivity index (χ2v) is 7.99. The van der Waals surface area contributed by atoms with Gasteiger partial charge in [-0.05, 0) is 33.1 Å². The van der Waals surface area contributed by atoms with Crippen LogP contribution in [0.15, 0.2) is 0 Å². The topological polar surface area (TPSA) is 107 Å². The molecular weight excluding hydrogens is 348 g/mol. The highest BCUT2D eigenvalue weighted by molar-refractivity contribution is 7.87. The van der Waals surface area contributed by atoms with Crippen molar-refractivity contribution >= 4 is 22.1 Å². The van der Waals surface area contributed by atoms with Gasteiger partial charge in [0.05, 0.1) is 18.6 Å². The Morgan fingerprint density at radius 2 is 1.44 bits per heavy atom. The highest BCUT2D eigenvalue weighted by Crippen LogP contribution is 2.14. The molecule has 0 saturated heterocycles. The fraction of sp³-hybridized carbons (Fsp3) is 0.882. The number of carbonyl (C=O) groups excluding carboxylic acids is 2. The Hall–Kier alpha value is -1.15. The molecular formula is C17H32O7S. The molecule has 0 spiro atoms. The lowest BCUT2D eigenvalue weighted by Gasteiger charge is -2.18. The lowest BCUT2D eigenvalue weighted by atomic mass is 10.1. The van der Waals surface area contributed by atoms with Crippen molar-refractivity contribution in [1.29, 1.82) is 0 Å². The summed E-state index contributed by atoms with van der Waals surface area (Å²) in [7, 11) is -4.76. The number of carbonyl (C=O) groups is 2. The standard InChI is InChI=1S/C17H32O7S/c1-5-7-9-11-14(4)24-17(19)15(25(20,21)22)12-16(18)23-13(3)10-8-6-2/h13-15H,5-12H2,1-4H3,(H,20,21,22). The van der Waals surface area contributed by atoms with Crippen LogP contribution in [-0.2, 0) is 29.2 Å². The van der Waals surface area contributed by atoms with Crippen LogP contribution < -0.4 is 0 Å². The Kier molecular flexibility index (Phi) is 11.7. The first-order valence-corrected chi connectivity index (χ1v) is 10.5. The van der Waals surface area contributed by atoms with Crippen LogP contribution >= 0.6 is 0 Å². The van der Waals surface area contributed by atoms with Gasteiger partial charge in [-0.1, -0.05) is 39.5 Å². The normalized spacial score (nSPS) is 15.2. The third-order valence-corrected chi connectivity index (χ3v) is 4.88. The molecule has 0 aromatic carbocycles. The highest BCUT2D eigenvalue weighted by Gasteiger charge is 2.36. The molecule has 25 heavy (non-hydrogen) atoms. The third-order valence-electron chi connectivity index (χ3n) is 3.80. The van der Waals surface area contributed by atoms with E-state index in [-0.39, 0.29) is 6.10 Å². The summed E-state index contributed by atoms with van der Waals surface area (Å²) in [6.07, 6.45) is 4.27. The smallest absolute Gasteiger partial charge is 0.327 e. The summed E-state index contributed by atoms with van der Waals surface area (Å²) in [5.41, 5.74) is 0. The Morgan fingerprint density at radius 3 is 1.96 bits per heavy atom. The summed E-state index contributed by atoms with van der Waals surface area (Å²) < 4.78 is 42.3. The van der Waals surface area contributed by atoms with Gasteiger partial charge in [0.2, 0.25) is 0 Å². The van der Waals surface area contributed by atoms with Gasteiger partial charge in [0.15, 0.2) is 5.25 Å². The summed E-state index contributed by atoms with van der Waals surface area (Å²) in [6, 6.07) is 0. The maximum absolute atomic E-state index is 12.1. The molecule has 3 atom stereocenters. The van der Waals surface area contributed by atoms with Crippen LogP contribution in [0.3, 0.4) is 0 Å². The summed E-state index contributed by atoms with van der Waals surface area (Å²) >= 11 is 0. The summed E-state index contributed by atoms with van der Waals surface area (Å²) in [5, 5.41) is -1.95. The quantitative estimate of drug-likeness (QED) is 0.297. The van der Waals surface area contributed by atoms with Gasteiger partial charge in [0.25, 0.3) is 10.1 Å². The van der Waals surface area contributed by atoms with Gasteiger partial charge in [-0.15, -0.1) is 0 Å². The van der Waals surface area contributed by atoms with E-state index in [1.807, 2.05) is 13.8 Å². The van der Waals surface area contributed by atoms with Crippen molar-refractivity contribution in [3.8, 4) is 0 Å². The molecule has 0 heterocycles.